The predicted molar refractivity (Wildman–Crippen MR) is 137 cm³/mol. The first-order valence-corrected chi connectivity index (χ1v) is 14.2. The van der Waals surface area contributed by atoms with Gasteiger partial charge in [0.25, 0.3) is 0 Å². The third-order valence-corrected chi connectivity index (χ3v) is 12.2. The van der Waals surface area contributed by atoms with Gasteiger partial charge in [0.05, 0.1) is 9.52 Å². The lowest BCUT2D eigenvalue weighted by Crippen LogP contribution is -2.47. The highest BCUT2D eigenvalue weighted by atomic mass is 28.3. The number of rotatable bonds is 8. The van der Waals surface area contributed by atoms with Crippen molar-refractivity contribution in [3.05, 3.63) is 139 Å². The van der Waals surface area contributed by atoms with Gasteiger partial charge in [-0.3, -0.25) is 0 Å². The molecule has 0 saturated heterocycles. The molecule has 0 amide bonds. The lowest BCUT2D eigenvalue weighted by atomic mass is 10.2. The zero-order valence-electron chi connectivity index (χ0n) is 17.3. The minimum atomic E-state index is -1.45. The summed E-state index contributed by atoms with van der Waals surface area (Å²) in [6.45, 7) is 4.47. The van der Waals surface area contributed by atoms with Gasteiger partial charge in [-0.05, 0) is 16.7 Å². The molecule has 4 aromatic carbocycles. The number of benzene rings is 4. The van der Waals surface area contributed by atoms with E-state index in [4.69, 9.17) is 0 Å². The second kappa shape index (κ2) is 10.2. The predicted octanol–water partition coefficient (Wildman–Crippen LogP) is 4.61. The Kier molecular flexibility index (Phi) is 6.91. The zero-order valence-corrected chi connectivity index (χ0v) is 19.9. The van der Waals surface area contributed by atoms with Crippen LogP contribution in [0.4, 0.5) is 0 Å². The molecule has 1 unspecified atom stereocenters. The van der Waals surface area contributed by atoms with Crippen molar-refractivity contribution < 1.29 is 0 Å². The summed E-state index contributed by atoms with van der Waals surface area (Å²) < 4.78 is 0. The molecule has 0 saturated carbocycles. The van der Waals surface area contributed by atoms with E-state index in [1.807, 2.05) is 0 Å². The Bertz CT molecular complexity index is 1010. The minimum absolute atomic E-state index is 0.466. The highest BCUT2D eigenvalue weighted by Crippen LogP contribution is 2.26. The molecule has 0 radical (unpaired) electrons. The van der Waals surface area contributed by atoms with Gasteiger partial charge < -0.3 is 0 Å². The highest BCUT2D eigenvalue weighted by molar-refractivity contribution is 6.87. The Morgan fingerprint density at radius 3 is 1.57 bits per heavy atom. The summed E-state index contributed by atoms with van der Waals surface area (Å²) in [6, 6.07) is 45.6. The SMILES string of the molecule is C=C([SiH2]CC(c1ccccc1)[SiH](c1ccccc1)c1ccccc1)c1ccccc1. The standard InChI is InChI=1S/C28H28Si2/c1-23(24-14-6-2-7-15-24)29-22-28(25-16-8-3-9-17-25)30(26-18-10-4-11-19-26)27-20-12-5-13-21-27/h2-21,28,30H,1,22,29H2. The van der Waals surface area contributed by atoms with Crippen LogP contribution in [0.15, 0.2) is 128 Å². The number of hydrogen-bond acceptors (Lipinski definition) is 0. The van der Waals surface area contributed by atoms with Crippen LogP contribution in [0, 0.1) is 0 Å². The van der Waals surface area contributed by atoms with Crippen LogP contribution in [0.1, 0.15) is 16.7 Å². The molecule has 0 aliphatic rings. The molecule has 0 spiro atoms. The molecule has 4 aromatic rings. The molecule has 2 heteroatoms. The Labute approximate surface area is 184 Å². The Balaban J connectivity index is 1.70. The molecule has 0 nitrogen and oxygen atoms in total. The molecule has 0 aliphatic carbocycles. The molecular formula is C28H28Si2. The normalized spacial score (nSPS) is 12.3. The van der Waals surface area contributed by atoms with Crippen LogP contribution in [0.3, 0.4) is 0 Å². The van der Waals surface area contributed by atoms with Crippen LogP contribution < -0.4 is 10.4 Å². The molecular weight excluding hydrogens is 392 g/mol. The topological polar surface area (TPSA) is 0 Å². The maximum Gasteiger partial charge on any atom is 0.110 e. The maximum atomic E-state index is 4.47. The Hall–Kier alpha value is -2.95. The van der Waals surface area contributed by atoms with Crippen molar-refractivity contribution in [1.82, 2.24) is 0 Å². The monoisotopic (exact) mass is 420 g/mol. The fraction of sp³-hybridized carbons (Fsp3) is 0.0714. The van der Waals surface area contributed by atoms with E-state index in [2.05, 4.69) is 128 Å². The van der Waals surface area contributed by atoms with Crippen LogP contribution in [0.25, 0.3) is 5.20 Å². The van der Waals surface area contributed by atoms with Crippen LogP contribution >= 0.6 is 0 Å². The summed E-state index contributed by atoms with van der Waals surface area (Å²) in [6.07, 6.45) is 0. The molecule has 0 aromatic heterocycles. The highest BCUT2D eigenvalue weighted by Gasteiger charge is 2.28. The molecule has 0 aliphatic heterocycles. The van der Waals surface area contributed by atoms with E-state index in [1.54, 1.807) is 0 Å². The quantitative estimate of drug-likeness (QED) is 0.365. The fourth-order valence-electron chi connectivity index (χ4n) is 4.35. The third kappa shape index (κ3) is 4.96. The van der Waals surface area contributed by atoms with E-state index in [-0.39, 0.29) is 0 Å². The Morgan fingerprint density at radius 1 is 0.633 bits per heavy atom. The second-order valence-corrected chi connectivity index (χ2v) is 12.8. The average molecular weight is 421 g/mol. The lowest BCUT2D eigenvalue weighted by Gasteiger charge is -2.28. The summed E-state index contributed by atoms with van der Waals surface area (Å²) in [7, 11) is -1.92. The van der Waals surface area contributed by atoms with Crippen LogP contribution in [0.2, 0.25) is 6.04 Å². The largest absolute Gasteiger partial charge is 0.110 e. The molecule has 0 N–H and O–H groups in total. The molecule has 0 fully saturated rings. The molecule has 30 heavy (non-hydrogen) atoms. The molecule has 148 valence electrons. The molecule has 1 atom stereocenters. The fourth-order valence-corrected chi connectivity index (χ4v) is 10.9. The molecule has 4 rings (SSSR count). The van der Waals surface area contributed by atoms with Gasteiger partial charge in [-0.15, -0.1) is 0 Å². The average Bonchev–Trinajstić information content (AvgIpc) is 2.84. The first-order chi connectivity index (χ1) is 14.8. The van der Waals surface area contributed by atoms with E-state index >= 15 is 0 Å². The zero-order chi connectivity index (χ0) is 20.6. The van der Waals surface area contributed by atoms with Gasteiger partial charge in [0, 0.05) is 0 Å². The van der Waals surface area contributed by atoms with Crippen molar-refractivity contribution in [3.8, 4) is 0 Å². The van der Waals surface area contributed by atoms with Crippen molar-refractivity contribution in [1.29, 1.82) is 0 Å². The van der Waals surface area contributed by atoms with E-state index in [0.717, 1.165) is 0 Å². The van der Waals surface area contributed by atoms with Crippen molar-refractivity contribution in [2.24, 2.45) is 0 Å². The first-order valence-electron chi connectivity index (χ1n) is 10.7. The van der Waals surface area contributed by atoms with Crippen molar-refractivity contribution in [2.75, 3.05) is 0 Å². The smallest absolute Gasteiger partial charge is 0.0999 e. The summed E-state index contributed by atoms with van der Waals surface area (Å²) in [5.74, 6) is 0. The summed E-state index contributed by atoms with van der Waals surface area (Å²) >= 11 is 0. The third-order valence-electron chi connectivity index (χ3n) is 5.89. The second-order valence-electron chi connectivity index (χ2n) is 7.82. The summed E-state index contributed by atoms with van der Waals surface area (Å²) in [5.41, 5.74) is 3.37. The van der Waals surface area contributed by atoms with Crippen LogP contribution in [-0.4, -0.2) is 18.3 Å². The van der Waals surface area contributed by atoms with Gasteiger partial charge in [0.2, 0.25) is 0 Å². The van der Waals surface area contributed by atoms with Crippen molar-refractivity contribution in [2.45, 2.75) is 11.6 Å². The van der Waals surface area contributed by atoms with Crippen LogP contribution in [0.5, 0.6) is 0 Å². The summed E-state index contributed by atoms with van der Waals surface area (Å²) in [5, 5.41) is 4.42. The van der Waals surface area contributed by atoms with Gasteiger partial charge >= 0.3 is 0 Å². The number of hydrogen-bond donors (Lipinski definition) is 0. The van der Waals surface area contributed by atoms with Crippen molar-refractivity contribution in [3.63, 3.8) is 0 Å². The Morgan fingerprint density at radius 2 is 1.07 bits per heavy atom. The van der Waals surface area contributed by atoms with E-state index in [1.165, 1.54) is 32.7 Å². The van der Waals surface area contributed by atoms with E-state index in [0.29, 0.717) is 5.54 Å². The van der Waals surface area contributed by atoms with Gasteiger partial charge in [-0.2, -0.15) is 0 Å². The summed E-state index contributed by atoms with van der Waals surface area (Å²) in [4.78, 5) is 0. The van der Waals surface area contributed by atoms with Gasteiger partial charge in [0.1, 0.15) is 8.80 Å². The molecule has 0 bridgehead atoms. The van der Waals surface area contributed by atoms with Gasteiger partial charge in [-0.1, -0.05) is 150 Å². The van der Waals surface area contributed by atoms with Gasteiger partial charge in [-0.25, -0.2) is 0 Å². The van der Waals surface area contributed by atoms with Gasteiger partial charge in [0.15, 0.2) is 0 Å². The first kappa shape index (κ1) is 20.3. The minimum Gasteiger partial charge on any atom is -0.0999 e. The maximum absolute atomic E-state index is 4.47. The van der Waals surface area contributed by atoms with Crippen molar-refractivity contribution >= 4 is 33.9 Å². The van der Waals surface area contributed by atoms with E-state index in [9.17, 15) is 0 Å². The van der Waals surface area contributed by atoms with Crippen LogP contribution in [-0.2, 0) is 0 Å². The van der Waals surface area contributed by atoms with E-state index < -0.39 is 18.3 Å². The lowest BCUT2D eigenvalue weighted by molar-refractivity contribution is 1.05. The molecule has 0 heterocycles.